The van der Waals surface area contributed by atoms with Crippen molar-refractivity contribution in [3.8, 4) is 0 Å². The average molecular weight is 385 g/mol. The molecule has 1 aromatic rings. The zero-order valence-electron chi connectivity index (χ0n) is 16.8. The number of amides is 1. The van der Waals surface area contributed by atoms with Gasteiger partial charge >= 0.3 is 0 Å². The Morgan fingerprint density at radius 3 is 2.31 bits per heavy atom. The highest BCUT2D eigenvalue weighted by Crippen LogP contribution is 2.20. The third-order valence-electron chi connectivity index (χ3n) is 4.61. The lowest BCUT2D eigenvalue weighted by molar-refractivity contribution is -0.142. The van der Waals surface area contributed by atoms with Crippen LogP contribution in [0.15, 0.2) is 11.4 Å². The molecular formula is C18H32N4O3S. The van der Waals surface area contributed by atoms with E-state index >= 15 is 0 Å². The second-order valence-electron chi connectivity index (χ2n) is 8.13. The average Bonchev–Trinajstić information content (AvgIpc) is 2.88. The smallest absolute Gasteiger partial charge is 0.239 e. The van der Waals surface area contributed by atoms with E-state index in [1.54, 1.807) is 10.8 Å². The molecule has 1 atom stereocenters. The van der Waals surface area contributed by atoms with E-state index in [2.05, 4.69) is 23.7 Å². The molecule has 8 heteroatoms. The van der Waals surface area contributed by atoms with Crippen LogP contribution in [0.1, 0.15) is 40.3 Å². The molecule has 148 valence electrons. The van der Waals surface area contributed by atoms with Gasteiger partial charge < -0.3 is 9.47 Å². The van der Waals surface area contributed by atoms with Gasteiger partial charge in [-0.1, -0.05) is 27.7 Å². The molecule has 0 saturated carbocycles. The molecule has 0 spiro atoms. The first-order valence-electron chi connectivity index (χ1n) is 9.28. The summed E-state index contributed by atoms with van der Waals surface area (Å²) in [4.78, 5) is 20.9. The van der Waals surface area contributed by atoms with Gasteiger partial charge in [-0.2, -0.15) is 0 Å². The monoisotopic (exact) mass is 384 g/mol. The Morgan fingerprint density at radius 2 is 1.77 bits per heavy atom. The minimum Gasteiger partial charge on any atom is -0.340 e. The fourth-order valence-corrected chi connectivity index (χ4v) is 4.23. The van der Waals surface area contributed by atoms with E-state index in [4.69, 9.17) is 0 Å². The van der Waals surface area contributed by atoms with Crippen molar-refractivity contribution in [3.63, 3.8) is 0 Å². The van der Waals surface area contributed by atoms with Gasteiger partial charge in [-0.25, -0.2) is 13.4 Å². The largest absolute Gasteiger partial charge is 0.340 e. The van der Waals surface area contributed by atoms with Crippen molar-refractivity contribution in [3.05, 3.63) is 11.9 Å². The molecule has 0 radical (unpaired) electrons. The number of sulfone groups is 1. The van der Waals surface area contributed by atoms with Crippen LogP contribution in [0.3, 0.4) is 0 Å². The van der Waals surface area contributed by atoms with Crippen LogP contribution in [0.5, 0.6) is 0 Å². The van der Waals surface area contributed by atoms with Crippen LogP contribution < -0.4 is 0 Å². The Labute approximate surface area is 157 Å². The number of aromatic nitrogens is 2. The van der Waals surface area contributed by atoms with E-state index in [1.165, 1.54) is 6.26 Å². The first-order chi connectivity index (χ1) is 12.0. The first kappa shape index (κ1) is 20.9. The zero-order chi connectivity index (χ0) is 19.6. The van der Waals surface area contributed by atoms with Crippen molar-refractivity contribution < 1.29 is 13.2 Å². The number of nitrogens with zero attached hydrogens (tertiary/aromatic N) is 4. The topological polar surface area (TPSA) is 75.5 Å². The number of hydrogen-bond donors (Lipinski definition) is 0. The predicted octanol–water partition coefficient (Wildman–Crippen LogP) is 1.63. The summed E-state index contributed by atoms with van der Waals surface area (Å²) in [7, 11) is -3.39. The van der Waals surface area contributed by atoms with Gasteiger partial charge in [-0.3, -0.25) is 9.69 Å². The maximum atomic E-state index is 12.7. The maximum absolute atomic E-state index is 12.7. The molecule has 1 aromatic heterocycles. The molecule has 1 aliphatic heterocycles. The standard InChI is InChI=1S/C18H32N4O3S/c1-13(2)10-21-8-7-20(15(5)17(21)23)12-16-9-19-18(26(6,24)25)22(16)11-14(3)4/h9,13-15H,7-8,10-12H2,1-6H3/t15-/m0/s1. The number of rotatable bonds is 7. The van der Waals surface area contributed by atoms with E-state index < -0.39 is 9.84 Å². The van der Waals surface area contributed by atoms with E-state index in [1.807, 2.05) is 25.7 Å². The van der Waals surface area contributed by atoms with Crippen LogP contribution in [0.2, 0.25) is 0 Å². The van der Waals surface area contributed by atoms with Crippen LogP contribution in [-0.4, -0.2) is 65.6 Å². The highest BCUT2D eigenvalue weighted by Gasteiger charge is 2.32. The second-order valence-corrected chi connectivity index (χ2v) is 10.0. The molecule has 1 fully saturated rings. The van der Waals surface area contributed by atoms with Crippen LogP contribution in [-0.2, 0) is 27.7 Å². The third kappa shape index (κ3) is 4.85. The summed E-state index contributed by atoms with van der Waals surface area (Å²) in [6.45, 7) is 13.6. The van der Waals surface area contributed by atoms with E-state index in [0.717, 1.165) is 18.8 Å². The number of imidazole rings is 1. The maximum Gasteiger partial charge on any atom is 0.239 e. The van der Waals surface area contributed by atoms with Gasteiger partial charge in [0, 0.05) is 39.0 Å². The third-order valence-corrected chi connectivity index (χ3v) is 5.59. The molecular weight excluding hydrogens is 352 g/mol. The van der Waals surface area contributed by atoms with Crippen LogP contribution >= 0.6 is 0 Å². The lowest BCUT2D eigenvalue weighted by Gasteiger charge is -2.39. The minimum absolute atomic E-state index is 0.110. The SMILES string of the molecule is CC(C)CN1CCN(Cc2cnc(S(C)(=O)=O)n2CC(C)C)[C@@H](C)C1=O. The molecule has 0 N–H and O–H groups in total. The van der Waals surface area contributed by atoms with E-state index in [9.17, 15) is 13.2 Å². The lowest BCUT2D eigenvalue weighted by Crippen LogP contribution is -2.56. The van der Waals surface area contributed by atoms with Gasteiger partial charge in [0.05, 0.1) is 17.9 Å². The first-order valence-corrected chi connectivity index (χ1v) is 11.2. The van der Waals surface area contributed by atoms with Crippen molar-refractivity contribution in [1.29, 1.82) is 0 Å². The molecule has 0 aromatic carbocycles. The normalized spacial score (nSPS) is 19.8. The Bertz CT molecular complexity index is 740. The summed E-state index contributed by atoms with van der Waals surface area (Å²) in [5, 5.41) is 0.110. The Kier molecular flexibility index (Phi) is 6.50. The quantitative estimate of drug-likeness (QED) is 0.714. The summed E-state index contributed by atoms with van der Waals surface area (Å²) < 4.78 is 25.9. The fraction of sp³-hybridized carbons (Fsp3) is 0.778. The van der Waals surface area contributed by atoms with E-state index in [-0.39, 0.29) is 17.1 Å². The molecule has 2 heterocycles. The van der Waals surface area contributed by atoms with Gasteiger partial charge in [0.2, 0.25) is 20.9 Å². The highest BCUT2D eigenvalue weighted by atomic mass is 32.2. The van der Waals surface area contributed by atoms with Crippen molar-refractivity contribution in [2.75, 3.05) is 25.9 Å². The van der Waals surface area contributed by atoms with Gasteiger partial charge in [0.1, 0.15) is 0 Å². The summed E-state index contributed by atoms with van der Waals surface area (Å²) in [5.74, 6) is 0.885. The molecule has 1 amide bonds. The van der Waals surface area contributed by atoms with Crippen molar-refractivity contribution >= 4 is 15.7 Å². The Balaban J connectivity index is 2.21. The second kappa shape index (κ2) is 8.08. The summed E-state index contributed by atoms with van der Waals surface area (Å²) in [5.41, 5.74) is 0.844. The zero-order valence-corrected chi connectivity index (χ0v) is 17.6. The molecule has 2 rings (SSSR count). The van der Waals surface area contributed by atoms with Gasteiger partial charge in [0.25, 0.3) is 0 Å². The van der Waals surface area contributed by atoms with Gasteiger partial charge in [-0.05, 0) is 18.8 Å². The predicted molar refractivity (Wildman–Crippen MR) is 101 cm³/mol. The molecule has 0 unspecified atom stereocenters. The molecule has 0 aliphatic carbocycles. The minimum atomic E-state index is -3.39. The van der Waals surface area contributed by atoms with Crippen molar-refractivity contribution in [2.24, 2.45) is 11.8 Å². The molecule has 0 bridgehead atoms. The molecule has 1 saturated heterocycles. The summed E-state index contributed by atoms with van der Waals surface area (Å²) in [6.07, 6.45) is 2.82. The van der Waals surface area contributed by atoms with E-state index in [0.29, 0.717) is 31.5 Å². The summed E-state index contributed by atoms with van der Waals surface area (Å²) in [6, 6.07) is -0.216. The lowest BCUT2D eigenvalue weighted by atomic mass is 10.1. The van der Waals surface area contributed by atoms with Crippen molar-refractivity contribution in [2.45, 2.75) is 58.9 Å². The van der Waals surface area contributed by atoms with Crippen LogP contribution in [0, 0.1) is 11.8 Å². The summed E-state index contributed by atoms with van der Waals surface area (Å²) >= 11 is 0. The Hall–Kier alpha value is -1.41. The fourth-order valence-electron chi connectivity index (χ4n) is 3.39. The molecule has 7 nitrogen and oxygen atoms in total. The van der Waals surface area contributed by atoms with Crippen molar-refractivity contribution in [1.82, 2.24) is 19.4 Å². The van der Waals surface area contributed by atoms with Gasteiger partial charge in [0.15, 0.2) is 0 Å². The highest BCUT2D eigenvalue weighted by molar-refractivity contribution is 7.90. The van der Waals surface area contributed by atoms with Gasteiger partial charge in [-0.15, -0.1) is 0 Å². The molecule has 26 heavy (non-hydrogen) atoms. The van der Waals surface area contributed by atoms with Crippen LogP contribution in [0.25, 0.3) is 0 Å². The number of hydrogen-bond acceptors (Lipinski definition) is 5. The van der Waals surface area contributed by atoms with Crippen LogP contribution in [0.4, 0.5) is 0 Å². The number of piperazine rings is 1. The number of carbonyl (C=O) groups is 1. The number of carbonyl (C=O) groups excluding carboxylic acids is 1. The Morgan fingerprint density at radius 1 is 1.15 bits per heavy atom. The molecule has 1 aliphatic rings.